The van der Waals surface area contributed by atoms with Crippen LogP contribution in [0.25, 0.3) is 0 Å². The summed E-state index contributed by atoms with van der Waals surface area (Å²) >= 11 is 0. The fraction of sp³-hybridized carbons (Fsp3) is 0.698. The molecule has 7 amide bonds. The molecular weight excluding hydrogens is 1150 g/mol. The molecule has 3 heterocycles. The van der Waals surface area contributed by atoms with E-state index in [9.17, 15) is 102 Å². The van der Waals surface area contributed by atoms with Gasteiger partial charge < -0.3 is 112 Å². The van der Waals surface area contributed by atoms with Crippen LogP contribution in [0.3, 0.4) is 0 Å². The number of hydrogen-bond acceptors (Lipinski definition) is 27. The number of carbonyl (C=O) groups is 9. The molecule has 0 saturated carbocycles. The van der Waals surface area contributed by atoms with E-state index in [1.807, 2.05) is 4.98 Å². The number of ether oxygens (including phenoxy) is 3. The number of phosphoric ester groups is 2. The number of carbonyl (C=O) groups excluding carboxylic acids is 9. The first-order valence-electron chi connectivity index (χ1n) is 25.0. The zero-order valence-electron chi connectivity index (χ0n) is 44.8. The standard InChI is InChI=1S/C43H70N10O27P2/c1-17(44)34(62)45-13-8-7-9-23(38(66)47-18(2)35(63)48-20(4)41(68)69)51-39(67)24(10-11-28(57)58)50-36(64)19(3)46-37(65)21(5)76-33-29(49-22(6)55)42(78-25(15-54)31(33)60)79-82(73,74)80-81(71,72)75-16-26-30(59)32(61)40(77-26)53-14-12-27(56)52-43(53)70/h12,14,17-21,23-26,29-33,40,42,54,59-61H,7-11,13,15-16,44H2,1-6H3,(H,45,62)(H,46,65)(H,47,66)(H,48,63)(H,49,55)(H,50,64)(H,51,67)(H,57,58)(H,68,69)(H,71,72)(H,73,74)(H,52,56,70)/p-3/t17-,18+,19-,20+,21?,23-,24+,25+,26+,29+,30+,31+,32+,33+,40+,42?/m0/s1. The van der Waals surface area contributed by atoms with Gasteiger partial charge in [-0.1, -0.05) is 0 Å². The van der Waals surface area contributed by atoms with Gasteiger partial charge in [-0.3, -0.25) is 61.6 Å². The van der Waals surface area contributed by atoms with E-state index in [0.717, 1.165) is 40.0 Å². The number of unbranched alkanes of at least 4 members (excludes halogenated alkanes) is 1. The molecule has 0 radical (unpaired) electrons. The maximum atomic E-state index is 13.8. The van der Waals surface area contributed by atoms with Gasteiger partial charge in [-0.05, 0) is 66.7 Å². The van der Waals surface area contributed by atoms with Crippen molar-refractivity contribution in [3.63, 3.8) is 0 Å². The molecule has 0 spiro atoms. The van der Waals surface area contributed by atoms with Crippen LogP contribution in [-0.4, -0.2) is 194 Å². The lowest BCUT2D eigenvalue weighted by Gasteiger charge is -2.46. The predicted octanol–water partition coefficient (Wildman–Crippen LogP) is -11.8. The second-order valence-electron chi connectivity index (χ2n) is 18.9. The number of amides is 7. The predicted molar refractivity (Wildman–Crippen MR) is 259 cm³/mol. The Morgan fingerprint density at radius 3 is 1.90 bits per heavy atom. The third-order valence-corrected chi connectivity index (χ3v) is 14.6. The summed E-state index contributed by atoms with van der Waals surface area (Å²) in [5.41, 5.74) is 1.67. The number of rotatable bonds is 32. The van der Waals surface area contributed by atoms with E-state index < -0.39 is 198 Å². The maximum Gasteiger partial charge on any atom is 0.330 e. The molecule has 15 N–H and O–H groups in total. The van der Waals surface area contributed by atoms with E-state index in [0.29, 0.717) is 4.57 Å². The van der Waals surface area contributed by atoms with Gasteiger partial charge in [-0.2, -0.15) is 0 Å². The number of nitrogens with zero attached hydrogens (tertiary/aromatic N) is 1. The van der Waals surface area contributed by atoms with Crippen LogP contribution in [0.4, 0.5) is 0 Å². The van der Waals surface area contributed by atoms with Crippen LogP contribution in [0.5, 0.6) is 0 Å². The highest BCUT2D eigenvalue weighted by Crippen LogP contribution is 2.57. The van der Waals surface area contributed by atoms with Gasteiger partial charge in [0.1, 0.15) is 72.9 Å². The fourth-order valence-corrected chi connectivity index (χ4v) is 9.68. The number of aromatic amines is 1. The van der Waals surface area contributed by atoms with E-state index in [2.05, 4.69) is 51.8 Å². The second kappa shape index (κ2) is 31.5. The maximum absolute atomic E-state index is 13.8. The number of aliphatic carboxylic acids is 2. The molecular formula is C43H67N10O27P2-3. The monoisotopic (exact) mass is 1220 g/mol. The lowest BCUT2D eigenvalue weighted by Crippen LogP contribution is -2.66. The van der Waals surface area contributed by atoms with Crippen LogP contribution in [0.15, 0.2) is 21.9 Å². The van der Waals surface area contributed by atoms with Gasteiger partial charge in [-0.25, -0.2) is 9.11 Å². The molecule has 464 valence electrons. The molecule has 2 saturated heterocycles. The Morgan fingerprint density at radius 2 is 1.33 bits per heavy atom. The van der Waals surface area contributed by atoms with Gasteiger partial charge in [0.05, 0.1) is 25.2 Å². The number of quaternary nitrogens is 1. The molecule has 0 aromatic carbocycles. The van der Waals surface area contributed by atoms with Crippen molar-refractivity contribution >= 4 is 68.9 Å². The third kappa shape index (κ3) is 21.6. The number of aliphatic hydroxyl groups is 4. The Hall–Kier alpha value is -6.15. The molecule has 2 fully saturated rings. The summed E-state index contributed by atoms with van der Waals surface area (Å²) in [6.07, 6.45) is -18.1. The average molecular weight is 1220 g/mol. The van der Waals surface area contributed by atoms with Crippen LogP contribution in [0, 0.1) is 0 Å². The lowest BCUT2D eigenvalue weighted by atomic mass is 9.96. The van der Waals surface area contributed by atoms with Gasteiger partial charge in [0.25, 0.3) is 27.1 Å². The van der Waals surface area contributed by atoms with E-state index in [-0.39, 0.29) is 31.7 Å². The summed E-state index contributed by atoms with van der Waals surface area (Å²) in [4.78, 5) is 165. The largest absolute Gasteiger partial charge is 0.756 e. The summed E-state index contributed by atoms with van der Waals surface area (Å²) < 4.78 is 56.3. The summed E-state index contributed by atoms with van der Waals surface area (Å²) in [7, 11) is -12.4. The number of carboxylic acid groups (broad SMARTS) is 2. The van der Waals surface area contributed by atoms with Crippen molar-refractivity contribution in [1.82, 2.24) is 46.8 Å². The summed E-state index contributed by atoms with van der Waals surface area (Å²) in [5, 5.41) is 80.7. The zero-order valence-corrected chi connectivity index (χ0v) is 46.6. The van der Waals surface area contributed by atoms with Gasteiger partial charge in [-0.15, -0.1) is 0 Å². The van der Waals surface area contributed by atoms with Crippen molar-refractivity contribution in [2.45, 2.75) is 171 Å². The van der Waals surface area contributed by atoms with Crippen molar-refractivity contribution in [1.29, 1.82) is 0 Å². The molecule has 3 rings (SSSR count). The van der Waals surface area contributed by atoms with Crippen LogP contribution >= 0.6 is 15.6 Å². The SMILES string of the molecule is CC(=O)N[C@H]1C(OP(=O)([O-])OP(=O)([O-])OC[C@H]2O[C@@H](n3ccc(=O)[nH]c3=O)[C@H](O)[C@@H]2O)O[C@H](CO)[C@@H](O)[C@@H]1OC(C)C(=O)N[C@@H](C)C(=O)N[C@H](CCC(=O)[O-])C(=O)N[C@@H](CCCCNC(=O)[C@H](C)[NH3+])C(=O)N[C@H](C)C(=O)N[C@H](C)C(=O)[O-]. The quantitative estimate of drug-likeness (QED) is 0.0235. The summed E-state index contributed by atoms with van der Waals surface area (Å²) in [5.74, 6) is -10.2. The van der Waals surface area contributed by atoms with Gasteiger partial charge >= 0.3 is 5.69 Å². The number of aliphatic hydroxyl groups excluding tert-OH is 4. The first kappa shape index (κ1) is 70.1. The first-order valence-corrected chi connectivity index (χ1v) is 27.9. The third-order valence-electron chi connectivity index (χ3n) is 12.0. The molecule has 18 atom stereocenters. The molecule has 1 aromatic heterocycles. The molecule has 37 nitrogen and oxygen atoms in total. The molecule has 0 aliphatic carbocycles. The Kier molecular flexibility index (Phi) is 26.9. The molecule has 39 heteroatoms. The Balaban J connectivity index is 1.75. The van der Waals surface area contributed by atoms with Gasteiger partial charge in [0, 0.05) is 31.7 Å². The molecule has 4 unspecified atom stereocenters. The van der Waals surface area contributed by atoms with Crippen molar-refractivity contribution in [2.24, 2.45) is 0 Å². The zero-order chi connectivity index (χ0) is 62.1. The molecule has 2 aliphatic heterocycles. The van der Waals surface area contributed by atoms with Gasteiger partial charge in [0.2, 0.25) is 35.4 Å². The first-order chi connectivity index (χ1) is 38.1. The highest BCUT2D eigenvalue weighted by Gasteiger charge is 2.50. The average Bonchev–Trinajstić information content (AvgIpc) is 3.84. The molecule has 0 bridgehead atoms. The topological polar surface area (TPSA) is 583 Å². The van der Waals surface area contributed by atoms with Crippen LogP contribution in [-0.2, 0) is 79.8 Å². The van der Waals surface area contributed by atoms with Gasteiger partial charge in [0.15, 0.2) is 18.6 Å². The fourth-order valence-electron chi connectivity index (χ4n) is 7.59. The number of nitrogens with one attached hydrogen (secondary N) is 8. The number of aromatic nitrogens is 2. The Labute approximate surface area is 464 Å². The van der Waals surface area contributed by atoms with Crippen molar-refractivity contribution < 1.29 is 126 Å². The van der Waals surface area contributed by atoms with E-state index in [1.54, 1.807) is 6.92 Å². The number of carboxylic acids is 2. The van der Waals surface area contributed by atoms with E-state index in [4.69, 9.17) is 18.7 Å². The molecule has 2 aliphatic rings. The molecule has 1 aromatic rings. The number of phosphoric acid groups is 2. The Bertz CT molecular complexity index is 2660. The van der Waals surface area contributed by atoms with E-state index >= 15 is 0 Å². The summed E-state index contributed by atoms with van der Waals surface area (Å²) in [6.45, 7) is 4.49. The lowest BCUT2D eigenvalue weighted by molar-refractivity contribution is -0.398. The van der Waals surface area contributed by atoms with Crippen LogP contribution in [0.1, 0.15) is 79.9 Å². The normalized spacial score (nSPS) is 25.6. The number of H-pyrrole nitrogens is 1. The smallest absolute Gasteiger partial charge is 0.330 e. The highest BCUT2D eigenvalue weighted by atomic mass is 31.3. The minimum absolute atomic E-state index is 0.117. The van der Waals surface area contributed by atoms with Crippen molar-refractivity contribution in [3.8, 4) is 0 Å². The van der Waals surface area contributed by atoms with Crippen molar-refractivity contribution in [2.75, 3.05) is 19.8 Å². The van der Waals surface area contributed by atoms with Crippen LogP contribution < -0.4 is 74.2 Å². The minimum Gasteiger partial charge on any atom is -0.756 e. The van der Waals surface area contributed by atoms with Crippen molar-refractivity contribution in [3.05, 3.63) is 33.1 Å². The summed E-state index contributed by atoms with van der Waals surface area (Å²) in [6, 6.07) is -9.55. The second-order valence-corrected chi connectivity index (χ2v) is 21.8. The van der Waals surface area contributed by atoms with Crippen LogP contribution in [0.2, 0.25) is 0 Å². The highest BCUT2D eigenvalue weighted by molar-refractivity contribution is 7.59. The minimum atomic E-state index is -6.30. The number of hydrogen-bond donors (Lipinski definition) is 13. The van der Waals surface area contributed by atoms with E-state index in [1.165, 1.54) is 6.92 Å². The Morgan fingerprint density at radius 1 is 0.756 bits per heavy atom. The molecule has 82 heavy (non-hydrogen) atoms.